The number of ketones is 1. The van der Waals surface area contributed by atoms with Crippen LogP contribution in [-0.4, -0.2) is 86.8 Å². The van der Waals surface area contributed by atoms with Crippen molar-refractivity contribution in [3.8, 4) is 17.2 Å². The largest absolute Gasteiger partial charge is 0.507 e. The lowest BCUT2D eigenvalue weighted by Crippen LogP contribution is -2.38. The van der Waals surface area contributed by atoms with Crippen molar-refractivity contribution in [2.24, 2.45) is 0 Å². The summed E-state index contributed by atoms with van der Waals surface area (Å²) in [5, 5.41) is 11.5. The molecule has 2 fully saturated rings. The summed E-state index contributed by atoms with van der Waals surface area (Å²) < 4.78 is 22.1. The minimum absolute atomic E-state index is 0.0558. The molecule has 1 unspecified atom stereocenters. The number of carbonyl (C=O) groups excluding carboxylic acids is 2. The third-order valence-electron chi connectivity index (χ3n) is 7.15. The molecule has 2 aliphatic rings. The van der Waals surface area contributed by atoms with Crippen LogP contribution in [0, 0.1) is 6.92 Å². The summed E-state index contributed by atoms with van der Waals surface area (Å²) in [5.74, 6) is 0.175. The number of ether oxygens (including phenoxy) is 4. The van der Waals surface area contributed by atoms with E-state index in [1.54, 1.807) is 48.4 Å². The van der Waals surface area contributed by atoms with Crippen molar-refractivity contribution in [3.63, 3.8) is 0 Å². The maximum atomic E-state index is 13.4. The Morgan fingerprint density at radius 1 is 1.00 bits per heavy atom. The second-order valence-corrected chi connectivity index (χ2v) is 9.74. The Morgan fingerprint density at radius 3 is 2.38 bits per heavy atom. The van der Waals surface area contributed by atoms with Gasteiger partial charge in [-0.25, -0.2) is 0 Å². The van der Waals surface area contributed by atoms with Crippen molar-refractivity contribution in [3.05, 3.63) is 58.7 Å². The number of methoxy groups -OCH3 is 2. The van der Waals surface area contributed by atoms with E-state index in [4.69, 9.17) is 18.9 Å². The lowest BCUT2D eigenvalue weighted by Gasteiger charge is -2.29. The molecule has 0 saturated carbocycles. The first-order valence-electron chi connectivity index (χ1n) is 13.4. The SMILES string of the molecule is CCCOc1ccc(/C(O)=C2/C(=O)C(=O)N(CCCN3CCOCC3)C2c2ccc(OC)c(OC)c2)cc1C. The second kappa shape index (κ2) is 13.0. The lowest BCUT2D eigenvalue weighted by atomic mass is 9.94. The molecule has 39 heavy (non-hydrogen) atoms. The van der Waals surface area contributed by atoms with Crippen LogP contribution in [0.5, 0.6) is 17.2 Å². The maximum absolute atomic E-state index is 13.4. The molecule has 0 aliphatic carbocycles. The Bertz CT molecular complexity index is 1220. The molecule has 210 valence electrons. The molecule has 0 bridgehead atoms. The van der Waals surface area contributed by atoms with Crippen LogP contribution in [0.15, 0.2) is 42.0 Å². The molecule has 2 aromatic rings. The van der Waals surface area contributed by atoms with E-state index in [1.807, 2.05) is 13.8 Å². The Balaban J connectivity index is 1.72. The monoisotopic (exact) mass is 538 g/mol. The number of aryl methyl sites for hydroxylation is 1. The van der Waals surface area contributed by atoms with Gasteiger partial charge in [-0.15, -0.1) is 0 Å². The van der Waals surface area contributed by atoms with E-state index in [0.29, 0.717) is 61.2 Å². The average Bonchev–Trinajstić information content (AvgIpc) is 3.21. The number of rotatable bonds is 11. The molecule has 0 aromatic heterocycles. The zero-order valence-electron chi connectivity index (χ0n) is 23.2. The molecule has 9 nitrogen and oxygen atoms in total. The number of amides is 1. The van der Waals surface area contributed by atoms with E-state index >= 15 is 0 Å². The summed E-state index contributed by atoms with van der Waals surface area (Å²) in [6, 6.07) is 9.79. The second-order valence-electron chi connectivity index (χ2n) is 9.74. The highest BCUT2D eigenvalue weighted by molar-refractivity contribution is 6.46. The fourth-order valence-corrected chi connectivity index (χ4v) is 5.10. The molecule has 4 rings (SSSR count). The van der Waals surface area contributed by atoms with Crippen LogP contribution in [0.1, 0.15) is 42.5 Å². The summed E-state index contributed by atoms with van der Waals surface area (Å²) in [4.78, 5) is 30.6. The predicted molar refractivity (Wildman–Crippen MR) is 147 cm³/mol. The Labute approximate surface area is 229 Å². The van der Waals surface area contributed by atoms with Gasteiger partial charge < -0.3 is 29.0 Å². The van der Waals surface area contributed by atoms with Gasteiger partial charge in [-0.3, -0.25) is 14.5 Å². The number of likely N-dealkylation sites (tertiary alicyclic amines) is 1. The highest BCUT2D eigenvalue weighted by atomic mass is 16.5. The zero-order chi connectivity index (χ0) is 27.9. The van der Waals surface area contributed by atoms with Crippen molar-refractivity contribution in [1.29, 1.82) is 0 Å². The Kier molecular flexibility index (Phi) is 9.48. The minimum Gasteiger partial charge on any atom is -0.507 e. The maximum Gasteiger partial charge on any atom is 0.295 e. The Hall–Kier alpha value is -3.56. The molecule has 1 atom stereocenters. The van der Waals surface area contributed by atoms with Gasteiger partial charge in [0, 0.05) is 31.7 Å². The summed E-state index contributed by atoms with van der Waals surface area (Å²) >= 11 is 0. The van der Waals surface area contributed by atoms with Gasteiger partial charge in [0.15, 0.2) is 11.5 Å². The highest BCUT2D eigenvalue weighted by Gasteiger charge is 2.46. The molecule has 2 heterocycles. The van der Waals surface area contributed by atoms with Gasteiger partial charge in [0.05, 0.1) is 45.7 Å². The van der Waals surface area contributed by atoms with E-state index in [1.165, 1.54) is 7.11 Å². The fraction of sp³-hybridized carbons (Fsp3) is 0.467. The normalized spacial score (nSPS) is 19.4. The van der Waals surface area contributed by atoms with Gasteiger partial charge in [-0.2, -0.15) is 0 Å². The lowest BCUT2D eigenvalue weighted by molar-refractivity contribution is -0.140. The summed E-state index contributed by atoms with van der Waals surface area (Å²) in [6.07, 6.45) is 1.56. The van der Waals surface area contributed by atoms with Gasteiger partial charge in [-0.05, 0) is 61.2 Å². The summed E-state index contributed by atoms with van der Waals surface area (Å²) in [7, 11) is 3.08. The van der Waals surface area contributed by atoms with Crippen LogP contribution < -0.4 is 14.2 Å². The zero-order valence-corrected chi connectivity index (χ0v) is 23.2. The quantitative estimate of drug-likeness (QED) is 0.261. The number of aliphatic hydroxyl groups is 1. The van der Waals surface area contributed by atoms with Crippen LogP contribution in [0.3, 0.4) is 0 Å². The third-order valence-corrected chi connectivity index (χ3v) is 7.15. The van der Waals surface area contributed by atoms with Crippen molar-refractivity contribution < 1.29 is 33.6 Å². The highest BCUT2D eigenvalue weighted by Crippen LogP contribution is 2.42. The molecule has 1 N–H and O–H groups in total. The van der Waals surface area contributed by atoms with Gasteiger partial charge in [0.1, 0.15) is 11.5 Å². The first kappa shape index (κ1) is 28.4. The first-order chi connectivity index (χ1) is 18.9. The molecule has 9 heteroatoms. The van der Waals surface area contributed by atoms with Gasteiger partial charge >= 0.3 is 0 Å². The molecule has 2 aromatic carbocycles. The van der Waals surface area contributed by atoms with E-state index in [9.17, 15) is 14.7 Å². The van der Waals surface area contributed by atoms with Crippen LogP contribution in [-0.2, 0) is 14.3 Å². The van der Waals surface area contributed by atoms with Crippen LogP contribution in [0.4, 0.5) is 0 Å². The van der Waals surface area contributed by atoms with Crippen molar-refractivity contribution in [1.82, 2.24) is 9.80 Å². The number of hydrogen-bond donors (Lipinski definition) is 1. The van der Waals surface area contributed by atoms with Gasteiger partial charge in [-0.1, -0.05) is 13.0 Å². The number of carbonyl (C=O) groups is 2. The molecule has 1 amide bonds. The molecular weight excluding hydrogens is 500 g/mol. The van der Waals surface area contributed by atoms with E-state index in [0.717, 1.165) is 31.6 Å². The van der Waals surface area contributed by atoms with Crippen LogP contribution in [0.2, 0.25) is 0 Å². The molecule has 2 saturated heterocycles. The van der Waals surface area contributed by atoms with Crippen molar-refractivity contribution in [2.45, 2.75) is 32.7 Å². The number of aliphatic hydroxyl groups excluding tert-OH is 1. The smallest absolute Gasteiger partial charge is 0.295 e. The summed E-state index contributed by atoms with van der Waals surface area (Å²) in [5.41, 5.74) is 1.99. The third kappa shape index (κ3) is 6.20. The first-order valence-corrected chi connectivity index (χ1v) is 13.4. The van der Waals surface area contributed by atoms with Crippen LogP contribution in [0.25, 0.3) is 5.76 Å². The molecular formula is C30H38N2O7. The topological polar surface area (TPSA) is 97.8 Å². The number of benzene rings is 2. The van der Waals surface area contributed by atoms with Gasteiger partial charge in [0.2, 0.25) is 0 Å². The molecule has 0 radical (unpaired) electrons. The number of Topliss-reactive ketones (excluding diaryl/α,β-unsaturated/α-hetero) is 1. The van der Waals surface area contributed by atoms with E-state index in [2.05, 4.69) is 4.90 Å². The average molecular weight is 539 g/mol. The van der Waals surface area contributed by atoms with Gasteiger partial charge in [0.25, 0.3) is 11.7 Å². The number of morpholine rings is 1. The van der Waals surface area contributed by atoms with Crippen molar-refractivity contribution >= 4 is 17.4 Å². The van der Waals surface area contributed by atoms with E-state index in [-0.39, 0.29) is 11.3 Å². The Morgan fingerprint density at radius 2 is 1.72 bits per heavy atom. The van der Waals surface area contributed by atoms with E-state index < -0.39 is 17.7 Å². The van der Waals surface area contributed by atoms with Crippen LogP contribution >= 0.6 is 0 Å². The number of nitrogens with zero attached hydrogens (tertiary/aromatic N) is 2. The predicted octanol–water partition coefficient (Wildman–Crippen LogP) is 3.95. The van der Waals surface area contributed by atoms with Crippen molar-refractivity contribution in [2.75, 3.05) is 60.2 Å². The molecule has 2 aliphatic heterocycles. The standard InChI is InChI=1S/C30H38N2O7/c1-5-15-39-23-9-8-22(18-20(23)2)28(33)26-27(21-7-10-24(36-3)25(19-21)37-4)32(30(35)29(26)34)12-6-11-31-13-16-38-17-14-31/h7-10,18-19,27,33H,5-6,11-17H2,1-4H3/b28-26-. The minimum atomic E-state index is -0.772. The fourth-order valence-electron chi connectivity index (χ4n) is 5.10. The number of hydrogen-bond acceptors (Lipinski definition) is 8. The molecule has 0 spiro atoms. The summed E-state index contributed by atoms with van der Waals surface area (Å²) in [6.45, 7) is 8.71.